The second-order valence-corrected chi connectivity index (χ2v) is 8.04. The van der Waals surface area contributed by atoms with E-state index in [1.807, 2.05) is 37.1 Å². The van der Waals surface area contributed by atoms with Crippen molar-refractivity contribution in [3.05, 3.63) is 36.4 Å². The van der Waals surface area contributed by atoms with E-state index in [1.165, 1.54) is 25.8 Å². The molecule has 0 aliphatic heterocycles. The highest BCUT2D eigenvalue weighted by Crippen LogP contribution is 2.73. The Bertz CT molecular complexity index is 616. The van der Waals surface area contributed by atoms with Crippen molar-refractivity contribution in [3.63, 3.8) is 0 Å². The van der Waals surface area contributed by atoms with Gasteiger partial charge in [0.2, 0.25) is 0 Å². The number of aromatic amines is 1. The number of nitrogens with one attached hydrogen (secondary N) is 1. The molecular formula is C18H26N4OS. The van der Waals surface area contributed by atoms with Gasteiger partial charge in [-0.2, -0.15) is 5.10 Å². The molecule has 0 unspecified atom stereocenters. The second-order valence-electron chi connectivity index (χ2n) is 7.05. The third-order valence-corrected chi connectivity index (χ3v) is 5.74. The summed E-state index contributed by atoms with van der Waals surface area (Å²) >= 11 is 1.82. The maximum atomic E-state index is 5.78. The molecule has 1 N–H and O–H groups in total. The van der Waals surface area contributed by atoms with Crippen LogP contribution in [0.25, 0.3) is 5.70 Å². The Kier molecular flexibility index (Phi) is 5.15. The van der Waals surface area contributed by atoms with Gasteiger partial charge in [-0.15, -0.1) is 0 Å². The lowest BCUT2D eigenvalue weighted by Crippen LogP contribution is -2.66. The van der Waals surface area contributed by atoms with E-state index < -0.39 is 0 Å². The van der Waals surface area contributed by atoms with Crippen molar-refractivity contribution in [1.82, 2.24) is 14.5 Å². The Morgan fingerprint density at radius 1 is 1.46 bits per heavy atom. The summed E-state index contributed by atoms with van der Waals surface area (Å²) in [5.74, 6) is 0. The van der Waals surface area contributed by atoms with E-state index in [9.17, 15) is 0 Å². The molecule has 0 atom stereocenters. The van der Waals surface area contributed by atoms with Crippen LogP contribution < -0.4 is 0 Å². The number of hydrogen-bond acceptors (Lipinski definition) is 5. The van der Waals surface area contributed by atoms with Gasteiger partial charge in [0.05, 0.1) is 24.3 Å². The van der Waals surface area contributed by atoms with Gasteiger partial charge in [-0.1, -0.05) is 11.9 Å². The van der Waals surface area contributed by atoms with Crippen LogP contribution in [0.2, 0.25) is 0 Å². The first kappa shape index (κ1) is 17.3. The van der Waals surface area contributed by atoms with Crippen LogP contribution in [0.4, 0.5) is 0 Å². The van der Waals surface area contributed by atoms with Gasteiger partial charge in [0.1, 0.15) is 0 Å². The molecule has 24 heavy (non-hydrogen) atoms. The van der Waals surface area contributed by atoms with Gasteiger partial charge in [0, 0.05) is 24.4 Å². The van der Waals surface area contributed by atoms with Crippen LogP contribution in [0, 0.1) is 10.8 Å². The van der Waals surface area contributed by atoms with Gasteiger partial charge in [0.15, 0.2) is 0 Å². The number of aliphatic imine (C=N–C) groups is 1. The van der Waals surface area contributed by atoms with Crippen molar-refractivity contribution in [3.8, 4) is 0 Å². The van der Waals surface area contributed by atoms with Gasteiger partial charge >= 0.3 is 0 Å². The van der Waals surface area contributed by atoms with Gasteiger partial charge < -0.3 is 4.74 Å². The predicted octanol–water partition coefficient (Wildman–Crippen LogP) is 3.75. The highest BCUT2D eigenvalue weighted by Gasteiger charge is 2.67. The van der Waals surface area contributed by atoms with E-state index in [-0.39, 0.29) is 0 Å². The van der Waals surface area contributed by atoms with Crippen molar-refractivity contribution in [2.24, 2.45) is 15.8 Å². The SMILES string of the molecule is C\C=N/C(=C\C=C\OCC12CC(CN(C)SC)(C1)C2)c1ccn[nH]1. The third kappa shape index (κ3) is 3.59. The van der Waals surface area contributed by atoms with Crippen LogP contribution >= 0.6 is 11.9 Å². The number of rotatable bonds is 9. The van der Waals surface area contributed by atoms with Crippen LogP contribution in [0.15, 0.2) is 35.7 Å². The molecule has 0 aromatic carbocycles. The Morgan fingerprint density at radius 2 is 2.25 bits per heavy atom. The van der Waals surface area contributed by atoms with E-state index in [0.29, 0.717) is 10.8 Å². The molecule has 0 amide bonds. The number of allylic oxidation sites excluding steroid dienone is 2. The Labute approximate surface area is 148 Å². The van der Waals surface area contributed by atoms with E-state index >= 15 is 0 Å². The smallest absolute Gasteiger partial charge is 0.0930 e. The molecule has 0 radical (unpaired) electrons. The van der Waals surface area contributed by atoms with E-state index in [2.05, 4.69) is 32.8 Å². The normalized spacial score (nSPS) is 29.2. The van der Waals surface area contributed by atoms with Crippen molar-refractivity contribution < 1.29 is 4.74 Å². The summed E-state index contributed by atoms with van der Waals surface area (Å²) in [6.07, 6.45) is 15.2. The first-order valence-corrected chi connectivity index (χ1v) is 9.51. The van der Waals surface area contributed by atoms with Gasteiger partial charge in [-0.05, 0) is 63.1 Å². The molecule has 3 fully saturated rings. The maximum Gasteiger partial charge on any atom is 0.0930 e. The summed E-state index contributed by atoms with van der Waals surface area (Å²) < 4.78 is 8.13. The summed E-state index contributed by atoms with van der Waals surface area (Å²) in [6, 6.07) is 1.90. The fourth-order valence-electron chi connectivity index (χ4n) is 4.24. The van der Waals surface area contributed by atoms with Crippen LogP contribution in [-0.2, 0) is 4.74 Å². The lowest BCUT2D eigenvalue weighted by molar-refractivity contribution is -0.225. The number of ether oxygens (including phenoxy) is 1. The van der Waals surface area contributed by atoms with E-state index in [1.54, 1.807) is 18.7 Å². The molecule has 0 saturated heterocycles. The number of H-pyrrole nitrogens is 1. The lowest BCUT2D eigenvalue weighted by atomic mass is 9.35. The molecular weight excluding hydrogens is 320 g/mol. The molecule has 1 heterocycles. The molecule has 1 aromatic heterocycles. The monoisotopic (exact) mass is 346 g/mol. The van der Waals surface area contributed by atoms with Crippen LogP contribution in [0.3, 0.4) is 0 Å². The zero-order valence-electron chi connectivity index (χ0n) is 14.7. The first-order chi connectivity index (χ1) is 11.6. The molecule has 0 spiro atoms. The predicted molar refractivity (Wildman–Crippen MR) is 101 cm³/mol. The van der Waals surface area contributed by atoms with E-state index in [4.69, 9.17) is 4.74 Å². The first-order valence-electron chi connectivity index (χ1n) is 8.33. The summed E-state index contributed by atoms with van der Waals surface area (Å²) in [5, 5.41) is 6.88. The van der Waals surface area contributed by atoms with Crippen LogP contribution in [0.5, 0.6) is 0 Å². The van der Waals surface area contributed by atoms with Gasteiger partial charge in [0.25, 0.3) is 0 Å². The molecule has 130 valence electrons. The van der Waals surface area contributed by atoms with Crippen molar-refractivity contribution in [2.75, 3.05) is 26.5 Å². The maximum absolute atomic E-state index is 5.78. The van der Waals surface area contributed by atoms with Crippen molar-refractivity contribution in [2.45, 2.75) is 26.2 Å². The standard InChI is InChI=1S/C18H26N4OS/c1-4-19-15(16-7-8-20-21-16)6-5-9-23-14-18-10-17(11-18,12-18)13-22(2)24-3/h4-9H,10-14H2,1-3H3,(H,20,21)/b9-5+,15-6-,19-4-. The minimum atomic E-state index is 0.446. The van der Waals surface area contributed by atoms with Crippen LogP contribution in [-0.4, -0.2) is 47.2 Å². The molecule has 3 saturated carbocycles. The lowest BCUT2D eigenvalue weighted by Gasteiger charge is -2.71. The zero-order chi connectivity index (χ0) is 17.0. The number of hydrogen-bond donors (Lipinski definition) is 1. The summed E-state index contributed by atoms with van der Waals surface area (Å²) in [6.45, 7) is 3.94. The minimum absolute atomic E-state index is 0.446. The zero-order valence-corrected chi connectivity index (χ0v) is 15.5. The Morgan fingerprint density at radius 3 is 2.88 bits per heavy atom. The molecule has 5 nitrogen and oxygen atoms in total. The fraction of sp³-hybridized carbons (Fsp3) is 0.556. The Hall–Kier alpha value is -1.53. The summed E-state index contributed by atoms with van der Waals surface area (Å²) in [4.78, 5) is 4.34. The molecule has 4 rings (SSSR count). The second kappa shape index (κ2) is 7.15. The van der Waals surface area contributed by atoms with Gasteiger partial charge in [-0.3, -0.25) is 14.4 Å². The third-order valence-electron chi connectivity index (χ3n) is 4.98. The van der Waals surface area contributed by atoms with Gasteiger partial charge in [-0.25, -0.2) is 0 Å². The average Bonchev–Trinajstić information content (AvgIpc) is 3.03. The highest BCUT2D eigenvalue weighted by molar-refractivity contribution is 7.96. The summed E-state index contributed by atoms with van der Waals surface area (Å²) in [7, 11) is 2.18. The molecule has 2 bridgehead atoms. The summed E-state index contributed by atoms with van der Waals surface area (Å²) in [5.41, 5.74) is 2.77. The molecule has 1 aromatic rings. The fourth-order valence-corrected chi connectivity index (χ4v) is 4.64. The van der Waals surface area contributed by atoms with E-state index in [0.717, 1.165) is 18.0 Å². The number of nitrogens with zero attached hydrogens (tertiary/aromatic N) is 3. The number of aromatic nitrogens is 2. The minimum Gasteiger partial charge on any atom is -0.501 e. The molecule has 3 aliphatic carbocycles. The highest BCUT2D eigenvalue weighted by atomic mass is 32.2. The quantitative estimate of drug-likeness (QED) is 0.320. The topological polar surface area (TPSA) is 53.5 Å². The molecule has 3 aliphatic rings. The molecule has 6 heteroatoms. The van der Waals surface area contributed by atoms with Crippen molar-refractivity contribution in [1.29, 1.82) is 0 Å². The van der Waals surface area contributed by atoms with Crippen molar-refractivity contribution >= 4 is 23.9 Å². The van der Waals surface area contributed by atoms with Crippen LogP contribution in [0.1, 0.15) is 31.9 Å². The largest absolute Gasteiger partial charge is 0.501 e. The Balaban J connectivity index is 1.43. The average molecular weight is 347 g/mol.